The maximum absolute atomic E-state index is 13.0. The van der Waals surface area contributed by atoms with Crippen LogP contribution in [0.15, 0.2) is 42.5 Å². The van der Waals surface area contributed by atoms with Gasteiger partial charge in [0.15, 0.2) is 0 Å². The van der Waals surface area contributed by atoms with Crippen LogP contribution in [0.4, 0.5) is 4.39 Å². The minimum atomic E-state index is -0.459. The van der Waals surface area contributed by atoms with Crippen molar-refractivity contribution in [1.29, 1.82) is 10.5 Å². The van der Waals surface area contributed by atoms with Crippen molar-refractivity contribution in [3.05, 3.63) is 59.4 Å². The highest BCUT2D eigenvalue weighted by Gasteiger charge is 2.09. The van der Waals surface area contributed by atoms with Crippen LogP contribution in [0.2, 0.25) is 0 Å². The predicted molar refractivity (Wildman–Crippen MR) is 61.3 cm³/mol. The molecule has 0 aliphatic carbocycles. The SMILES string of the molecule is N#Cc1ccccc1-c1ccc(F)cc1C#N. The standard InChI is InChI=1S/C14H7FN2/c15-12-5-6-14(11(7-12)9-17)13-4-2-1-3-10(13)8-16/h1-7H. The second kappa shape index (κ2) is 4.47. The van der Waals surface area contributed by atoms with Gasteiger partial charge in [0.2, 0.25) is 0 Å². The molecule has 0 amide bonds. The van der Waals surface area contributed by atoms with Gasteiger partial charge in [0.25, 0.3) is 0 Å². The first-order valence-electron chi connectivity index (χ1n) is 4.95. The van der Waals surface area contributed by atoms with Gasteiger partial charge in [-0.25, -0.2) is 4.39 Å². The largest absolute Gasteiger partial charge is 0.207 e. The van der Waals surface area contributed by atoms with Gasteiger partial charge in [-0.3, -0.25) is 0 Å². The average Bonchev–Trinajstić information content (AvgIpc) is 2.38. The number of nitriles is 2. The van der Waals surface area contributed by atoms with E-state index in [1.165, 1.54) is 18.2 Å². The Kier molecular flexibility index (Phi) is 2.85. The lowest BCUT2D eigenvalue weighted by molar-refractivity contribution is 0.627. The number of benzene rings is 2. The topological polar surface area (TPSA) is 47.6 Å². The first-order chi connectivity index (χ1) is 8.26. The summed E-state index contributed by atoms with van der Waals surface area (Å²) in [4.78, 5) is 0. The molecule has 0 atom stereocenters. The highest BCUT2D eigenvalue weighted by molar-refractivity contribution is 5.75. The van der Waals surface area contributed by atoms with Crippen LogP contribution >= 0.6 is 0 Å². The van der Waals surface area contributed by atoms with Crippen molar-refractivity contribution in [2.45, 2.75) is 0 Å². The summed E-state index contributed by atoms with van der Waals surface area (Å²) in [5, 5.41) is 18.0. The quantitative estimate of drug-likeness (QED) is 0.743. The van der Waals surface area contributed by atoms with Gasteiger partial charge in [0.1, 0.15) is 5.82 Å². The molecule has 0 N–H and O–H groups in total. The lowest BCUT2D eigenvalue weighted by Crippen LogP contribution is -1.89. The molecule has 0 aliphatic heterocycles. The Bertz CT molecular complexity index is 648. The molecule has 0 heterocycles. The normalized spacial score (nSPS) is 9.35. The van der Waals surface area contributed by atoms with Gasteiger partial charge in [-0.1, -0.05) is 24.3 Å². The van der Waals surface area contributed by atoms with Crippen molar-refractivity contribution in [1.82, 2.24) is 0 Å². The minimum Gasteiger partial charge on any atom is -0.207 e. The van der Waals surface area contributed by atoms with E-state index in [2.05, 4.69) is 6.07 Å². The van der Waals surface area contributed by atoms with Crippen molar-refractivity contribution >= 4 is 0 Å². The Hall–Kier alpha value is -2.65. The fourth-order valence-corrected chi connectivity index (χ4v) is 1.66. The molecule has 17 heavy (non-hydrogen) atoms. The number of hydrogen-bond donors (Lipinski definition) is 0. The third-order valence-corrected chi connectivity index (χ3v) is 2.44. The number of halogens is 1. The predicted octanol–water partition coefficient (Wildman–Crippen LogP) is 3.24. The van der Waals surface area contributed by atoms with E-state index in [-0.39, 0.29) is 5.56 Å². The zero-order chi connectivity index (χ0) is 12.3. The summed E-state index contributed by atoms with van der Waals surface area (Å²) in [6.07, 6.45) is 0. The van der Waals surface area contributed by atoms with Crippen LogP contribution < -0.4 is 0 Å². The Morgan fingerprint density at radius 1 is 0.824 bits per heavy atom. The summed E-state index contributed by atoms with van der Waals surface area (Å²) < 4.78 is 13.0. The highest BCUT2D eigenvalue weighted by atomic mass is 19.1. The molecule has 80 valence electrons. The summed E-state index contributed by atoms with van der Waals surface area (Å²) in [5.41, 5.74) is 1.92. The maximum atomic E-state index is 13.0. The number of nitrogens with zero attached hydrogens (tertiary/aromatic N) is 2. The Morgan fingerprint density at radius 2 is 1.47 bits per heavy atom. The lowest BCUT2D eigenvalue weighted by atomic mass is 9.96. The van der Waals surface area contributed by atoms with E-state index in [0.29, 0.717) is 16.7 Å². The van der Waals surface area contributed by atoms with Gasteiger partial charge in [-0.05, 0) is 18.2 Å². The van der Waals surface area contributed by atoms with Crippen molar-refractivity contribution in [3.8, 4) is 23.3 Å². The minimum absolute atomic E-state index is 0.229. The molecule has 0 spiro atoms. The molecule has 0 aliphatic rings. The van der Waals surface area contributed by atoms with Crippen LogP contribution in [0.25, 0.3) is 11.1 Å². The van der Waals surface area contributed by atoms with Gasteiger partial charge in [0.05, 0.1) is 23.3 Å². The van der Waals surface area contributed by atoms with Crippen molar-refractivity contribution < 1.29 is 4.39 Å². The first-order valence-corrected chi connectivity index (χ1v) is 4.95. The Morgan fingerprint density at radius 3 is 2.18 bits per heavy atom. The molecule has 2 aromatic carbocycles. The zero-order valence-corrected chi connectivity index (χ0v) is 8.81. The van der Waals surface area contributed by atoms with Crippen LogP contribution in [-0.4, -0.2) is 0 Å². The average molecular weight is 222 g/mol. The molecule has 2 rings (SSSR count). The molecule has 0 aromatic heterocycles. The van der Waals surface area contributed by atoms with Gasteiger partial charge < -0.3 is 0 Å². The van der Waals surface area contributed by atoms with Crippen LogP contribution in [0.5, 0.6) is 0 Å². The van der Waals surface area contributed by atoms with Crippen LogP contribution in [0.1, 0.15) is 11.1 Å². The summed E-state index contributed by atoms with van der Waals surface area (Å²) in [6.45, 7) is 0. The smallest absolute Gasteiger partial charge is 0.124 e. The van der Waals surface area contributed by atoms with Gasteiger partial charge in [-0.15, -0.1) is 0 Å². The molecule has 0 saturated heterocycles. The van der Waals surface area contributed by atoms with E-state index >= 15 is 0 Å². The molecule has 0 saturated carbocycles. The van der Waals surface area contributed by atoms with E-state index in [9.17, 15) is 4.39 Å². The van der Waals surface area contributed by atoms with E-state index in [0.717, 1.165) is 0 Å². The van der Waals surface area contributed by atoms with Crippen LogP contribution in [-0.2, 0) is 0 Å². The molecular formula is C14H7FN2. The number of rotatable bonds is 1. The third-order valence-electron chi connectivity index (χ3n) is 2.44. The first kappa shape index (κ1) is 10.9. The van der Waals surface area contributed by atoms with E-state index in [4.69, 9.17) is 10.5 Å². The summed E-state index contributed by atoms with van der Waals surface area (Å²) >= 11 is 0. The summed E-state index contributed by atoms with van der Waals surface area (Å²) in [7, 11) is 0. The van der Waals surface area contributed by atoms with Crippen molar-refractivity contribution in [2.24, 2.45) is 0 Å². The second-order valence-corrected chi connectivity index (χ2v) is 3.46. The Labute approximate surface area is 98.2 Å². The molecule has 0 bridgehead atoms. The molecule has 3 heteroatoms. The zero-order valence-electron chi connectivity index (χ0n) is 8.81. The highest BCUT2D eigenvalue weighted by Crippen LogP contribution is 2.26. The molecule has 2 nitrogen and oxygen atoms in total. The van der Waals surface area contributed by atoms with Gasteiger partial charge in [0, 0.05) is 11.1 Å². The second-order valence-electron chi connectivity index (χ2n) is 3.46. The number of hydrogen-bond acceptors (Lipinski definition) is 2. The fourth-order valence-electron chi connectivity index (χ4n) is 1.66. The fraction of sp³-hybridized carbons (Fsp3) is 0. The molecule has 2 aromatic rings. The van der Waals surface area contributed by atoms with E-state index in [1.807, 2.05) is 6.07 Å². The van der Waals surface area contributed by atoms with Crippen LogP contribution in [0.3, 0.4) is 0 Å². The van der Waals surface area contributed by atoms with E-state index in [1.54, 1.807) is 24.3 Å². The molecule has 0 fully saturated rings. The van der Waals surface area contributed by atoms with E-state index < -0.39 is 5.82 Å². The lowest BCUT2D eigenvalue weighted by Gasteiger charge is -2.06. The monoisotopic (exact) mass is 222 g/mol. The van der Waals surface area contributed by atoms with Crippen LogP contribution in [0, 0.1) is 28.5 Å². The van der Waals surface area contributed by atoms with Crippen molar-refractivity contribution in [2.75, 3.05) is 0 Å². The van der Waals surface area contributed by atoms with Gasteiger partial charge >= 0.3 is 0 Å². The van der Waals surface area contributed by atoms with Gasteiger partial charge in [-0.2, -0.15) is 10.5 Å². The maximum Gasteiger partial charge on any atom is 0.124 e. The summed E-state index contributed by atoms with van der Waals surface area (Å²) in [6, 6.07) is 14.9. The Balaban J connectivity index is 2.70. The molecule has 0 unspecified atom stereocenters. The molecular weight excluding hydrogens is 215 g/mol. The van der Waals surface area contributed by atoms with Crippen molar-refractivity contribution in [3.63, 3.8) is 0 Å². The third kappa shape index (κ3) is 2.00. The molecule has 0 radical (unpaired) electrons. The summed E-state index contributed by atoms with van der Waals surface area (Å²) in [5.74, 6) is -0.459.